The van der Waals surface area contributed by atoms with Crippen LogP contribution in [-0.2, 0) is 0 Å². The van der Waals surface area contributed by atoms with Crippen LogP contribution >= 0.6 is 15.9 Å². The van der Waals surface area contributed by atoms with Crippen LogP contribution in [0.3, 0.4) is 0 Å². The third kappa shape index (κ3) is 3.91. The number of benzene rings is 1. The summed E-state index contributed by atoms with van der Waals surface area (Å²) in [5.74, 6) is 0.501. The van der Waals surface area contributed by atoms with Crippen molar-refractivity contribution < 1.29 is 4.79 Å². The van der Waals surface area contributed by atoms with Crippen molar-refractivity contribution in [3.8, 4) is 0 Å². The van der Waals surface area contributed by atoms with Gasteiger partial charge in [0.25, 0.3) is 5.91 Å². The average Bonchev–Trinajstić information content (AvgIpc) is 2.57. The molecule has 0 aliphatic carbocycles. The Hall–Kier alpha value is -1.99. The summed E-state index contributed by atoms with van der Waals surface area (Å²) in [6, 6.07) is 7.46. The maximum atomic E-state index is 12.4. The highest BCUT2D eigenvalue weighted by Crippen LogP contribution is 2.17. The van der Waals surface area contributed by atoms with Crippen molar-refractivity contribution >= 4 is 33.5 Å². The molecule has 0 atom stereocenters. The number of carbonyl (C=O) groups excluding carboxylic acids is 1. The molecule has 126 valence electrons. The lowest BCUT2D eigenvalue weighted by Crippen LogP contribution is -2.45. The fraction of sp³-hybridized carbons (Fsp3) is 0.353. The SMILES string of the molecule is Cc1nc(N2CCN(C)CC2)ncc1C(=O)Nc1ccc(Br)cc1. The summed E-state index contributed by atoms with van der Waals surface area (Å²) in [7, 11) is 2.11. The second-order valence-corrected chi connectivity index (χ2v) is 6.84. The maximum Gasteiger partial charge on any atom is 0.259 e. The Morgan fingerprint density at radius 2 is 1.83 bits per heavy atom. The van der Waals surface area contributed by atoms with E-state index in [1.54, 1.807) is 6.20 Å². The highest BCUT2D eigenvalue weighted by molar-refractivity contribution is 9.10. The number of hydrogen-bond donors (Lipinski definition) is 1. The molecule has 1 aromatic carbocycles. The van der Waals surface area contributed by atoms with Crippen LogP contribution < -0.4 is 10.2 Å². The molecule has 0 saturated carbocycles. The first kappa shape index (κ1) is 16.9. The molecule has 6 nitrogen and oxygen atoms in total. The minimum absolute atomic E-state index is 0.195. The molecule has 1 amide bonds. The second-order valence-electron chi connectivity index (χ2n) is 5.92. The third-order valence-corrected chi connectivity index (χ3v) is 4.63. The zero-order valence-corrected chi connectivity index (χ0v) is 15.4. The fourth-order valence-electron chi connectivity index (χ4n) is 2.57. The monoisotopic (exact) mass is 389 g/mol. The zero-order chi connectivity index (χ0) is 17.1. The van der Waals surface area contributed by atoms with Crippen LogP contribution in [0.2, 0.25) is 0 Å². The van der Waals surface area contributed by atoms with Gasteiger partial charge in [-0.2, -0.15) is 0 Å². The third-order valence-electron chi connectivity index (χ3n) is 4.10. The summed E-state index contributed by atoms with van der Waals surface area (Å²) in [6.45, 7) is 5.64. The van der Waals surface area contributed by atoms with Crippen LogP contribution in [0.25, 0.3) is 0 Å². The van der Waals surface area contributed by atoms with Crippen LogP contribution in [0.5, 0.6) is 0 Å². The molecule has 0 spiro atoms. The van der Waals surface area contributed by atoms with E-state index in [9.17, 15) is 4.79 Å². The summed E-state index contributed by atoms with van der Waals surface area (Å²) in [4.78, 5) is 25.8. The number of nitrogens with one attached hydrogen (secondary N) is 1. The van der Waals surface area contributed by atoms with E-state index in [-0.39, 0.29) is 5.91 Å². The lowest BCUT2D eigenvalue weighted by molar-refractivity contribution is 0.102. The van der Waals surface area contributed by atoms with Crippen molar-refractivity contribution in [2.45, 2.75) is 6.92 Å². The number of nitrogens with zero attached hydrogens (tertiary/aromatic N) is 4. The van der Waals surface area contributed by atoms with Crippen molar-refractivity contribution in [1.29, 1.82) is 0 Å². The first-order chi connectivity index (χ1) is 11.5. The molecule has 2 aromatic rings. The van der Waals surface area contributed by atoms with E-state index in [4.69, 9.17) is 0 Å². The van der Waals surface area contributed by atoms with Gasteiger partial charge in [0.05, 0.1) is 11.3 Å². The van der Waals surface area contributed by atoms with Gasteiger partial charge in [-0.05, 0) is 38.2 Å². The Labute approximate surface area is 150 Å². The largest absolute Gasteiger partial charge is 0.338 e. The van der Waals surface area contributed by atoms with Gasteiger partial charge >= 0.3 is 0 Å². The maximum absolute atomic E-state index is 12.4. The highest BCUT2D eigenvalue weighted by Gasteiger charge is 2.18. The number of halogens is 1. The summed E-state index contributed by atoms with van der Waals surface area (Å²) < 4.78 is 0.969. The molecule has 1 aliphatic rings. The number of likely N-dealkylation sites (N-methyl/N-ethyl adjacent to an activating group) is 1. The molecular formula is C17H20BrN5O. The minimum atomic E-state index is -0.195. The van der Waals surface area contributed by atoms with E-state index in [2.05, 4.69) is 48.1 Å². The first-order valence-corrected chi connectivity index (χ1v) is 8.66. The molecule has 0 unspecified atom stereocenters. The number of rotatable bonds is 3. The number of anilines is 2. The van der Waals surface area contributed by atoms with Gasteiger partial charge in [0, 0.05) is 42.5 Å². The molecular weight excluding hydrogens is 370 g/mol. The molecule has 1 aliphatic heterocycles. The number of hydrogen-bond acceptors (Lipinski definition) is 5. The van der Waals surface area contributed by atoms with Crippen molar-refractivity contribution in [2.75, 3.05) is 43.4 Å². The molecule has 7 heteroatoms. The van der Waals surface area contributed by atoms with Crippen molar-refractivity contribution in [1.82, 2.24) is 14.9 Å². The summed E-state index contributed by atoms with van der Waals surface area (Å²) in [5, 5.41) is 2.87. The van der Waals surface area contributed by atoms with E-state index in [0.717, 1.165) is 36.3 Å². The quantitative estimate of drug-likeness (QED) is 0.873. The molecule has 1 aromatic heterocycles. The predicted molar refractivity (Wildman–Crippen MR) is 98.6 cm³/mol. The average molecular weight is 390 g/mol. The molecule has 1 saturated heterocycles. The number of aryl methyl sites for hydroxylation is 1. The normalized spacial score (nSPS) is 15.4. The lowest BCUT2D eigenvalue weighted by atomic mass is 10.2. The van der Waals surface area contributed by atoms with Crippen LogP contribution in [-0.4, -0.2) is 54.0 Å². The van der Waals surface area contributed by atoms with E-state index < -0.39 is 0 Å². The van der Waals surface area contributed by atoms with Gasteiger partial charge in [0.2, 0.25) is 5.95 Å². The lowest BCUT2D eigenvalue weighted by Gasteiger charge is -2.32. The van der Waals surface area contributed by atoms with E-state index in [1.165, 1.54) is 0 Å². The highest BCUT2D eigenvalue weighted by atomic mass is 79.9. The Balaban J connectivity index is 1.72. The van der Waals surface area contributed by atoms with Crippen LogP contribution in [0.1, 0.15) is 16.1 Å². The number of amides is 1. The summed E-state index contributed by atoms with van der Waals surface area (Å²) >= 11 is 3.38. The zero-order valence-electron chi connectivity index (χ0n) is 13.8. The van der Waals surface area contributed by atoms with Gasteiger partial charge in [0.15, 0.2) is 0 Å². The summed E-state index contributed by atoms with van der Waals surface area (Å²) in [5.41, 5.74) is 1.93. The molecule has 2 heterocycles. The number of piperazine rings is 1. The van der Waals surface area contributed by atoms with Gasteiger partial charge in [0.1, 0.15) is 0 Å². The standard InChI is InChI=1S/C17H20BrN5O/c1-12-15(16(24)21-14-5-3-13(18)4-6-14)11-19-17(20-12)23-9-7-22(2)8-10-23/h3-6,11H,7-10H2,1-2H3,(H,21,24). The van der Waals surface area contributed by atoms with Crippen molar-refractivity contribution in [2.24, 2.45) is 0 Å². The predicted octanol–water partition coefficient (Wildman–Crippen LogP) is 2.55. The Morgan fingerprint density at radius 3 is 2.46 bits per heavy atom. The molecule has 0 radical (unpaired) electrons. The Morgan fingerprint density at radius 1 is 1.17 bits per heavy atom. The molecule has 1 N–H and O–H groups in total. The van der Waals surface area contributed by atoms with Gasteiger partial charge in [-0.15, -0.1) is 0 Å². The fourth-order valence-corrected chi connectivity index (χ4v) is 2.83. The van der Waals surface area contributed by atoms with E-state index in [1.807, 2.05) is 31.2 Å². The van der Waals surface area contributed by atoms with Crippen LogP contribution in [0.4, 0.5) is 11.6 Å². The minimum Gasteiger partial charge on any atom is -0.338 e. The Bertz CT molecular complexity index is 726. The van der Waals surface area contributed by atoms with Crippen LogP contribution in [0.15, 0.2) is 34.9 Å². The molecule has 24 heavy (non-hydrogen) atoms. The first-order valence-electron chi connectivity index (χ1n) is 7.87. The topological polar surface area (TPSA) is 61.4 Å². The summed E-state index contributed by atoms with van der Waals surface area (Å²) in [6.07, 6.45) is 1.62. The van der Waals surface area contributed by atoms with Crippen molar-refractivity contribution in [3.05, 3.63) is 46.2 Å². The number of aromatic nitrogens is 2. The van der Waals surface area contributed by atoms with Gasteiger partial charge in [-0.1, -0.05) is 15.9 Å². The molecule has 1 fully saturated rings. The van der Waals surface area contributed by atoms with Gasteiger partial charge in [-0.3, -0.25) is 4.79 Å². The molecule has 3 rings (SSSR count). The second kappa shape index (κ2) is 7.27. The van der Waals surface area contributed by atoms with Gasteiger partial charge < -0.3 is 15.1 Å². The molecule has 0 bridgehead atoms. The smallest absolute Gasteiger partial charge is 0.259 e. The van der Waals surface area contributed by atoms with Crippen molar-refractivity contribution in [3.63, 3.8) is 0 Å². The number of carbonyl (C=O) groups is 1. The van der Waals surface area contributed by atoms with E-state index >= 15 is 0 Å². The van der Waals surface area contributed by atoms with Gasteiger partial charge in [-0.25, -0.2) is 9.97 Å². The van der Waals surface area contributed by atoms with E-state index in [0.29, 0.717) is 17.2 Å². The van der Waals surface area contributed by atoms with Crippen LogP contribution in [0, 0.1) is 6.92 Å². The Kier molecular flexibility index (Phi) is 5.11.